The van der Waals surface area contributed by atoms with Gasteiger partial charge in [0.1, 0.15) is 0 Å². The summed E-state index contributed by atoms with van der Waals surface area (Å²) in [6.45, 7) is 1.71. The monoisotopic (exact) mass is 249 g/mol. The SMILES string of the molecule is COC(=O)c1cc([N+](=O)[O-])c2cnn(C)c2c1C. The number of aromatic nitrogens is 2. The van der Waals surface area contributed by atoms with E-state index < -0.39 is 10.9 Å². The molecule has 0 radical (unpaired) electrons. The average molecular weight is 249 g/mol. The van der Waals surface area contributed by atoms with E-state index in [0.29, 0.717) is 16.5 Å². The van der Waals surface area contributed by atoms with Crippen LogP contribution in [0.3, 0.4) is 0 Å². The Labute approximate surface area is 102 Å². The number of ether oxygens (including phenoxy) is 1. The van der Waals surface area contributed by atoms with Gasteiger partial charge in [0.25, 0.3) is 5.69 Å². The van der Waals surface area contributed by atoms with E-state index in [1.54, 1.807) is 14.0 Å². The highest BCUT2D eigenvalue weighted by Gasteiger charge is 2.23. The molecule has 0 N–H and O–H groups in total. The van der Waals surface area contributed by atoms with Gasteiger partial charge in [0.05, 0.1) is 34.7 Å². The molecular weight excluding hydrogens is 238 g/mol. The van der Waals surface area contributed by atoms with Crippen LogP contribution in [0.2, 0.25) is 0 Å². The van der Waals surface area contributed by atoms with E-state index in [1.165, 1.54) is 24.1 Å². The normalized spacial score (nSPS) is 10.6. The zero-order chi connectivity index (χ0) is 13.4. The molecule has 0 bridgehead atoms. The third-order valence-corrected chi connectivity index (χ3v) is 2.86. The summed E-state index contributed by atoms with van der Waals surface area (Å²) >= 11 is 0. The number of esters is 1. The maximum Gasteiger partial charge on any atom is 0.338 e. The Bertz CT molecular complexity index is 660. The van der Waals surface area contributed by atoms with Crippen LogP contribution in [-0.4, -0.2) is 27.8 Å². The van der Waals surface area contributed by atoms with Gasteiger partial charge in [-0.3, -0.25) is 14.8 Å². The molecule has 0 saturated heterocycles. The number of fused-ring (bicyclic) bond motifs is 1. The summed E-state index contributed by atoms with van der Waals surface area (Å²) in [5.74, 6) is -0.598. The molecule has 0 aliphatic carbocycles. The Hall–Kier alpha value is -2.44. The number of carbonyl (C=O) groups is 1. The van der Waals surface area contributed by atoms with Crippen LogP contribution in [-0.2, 0) is 11.8 Å². The lowest BCUT2D eigenvalue weighted by atomic mass is 10.0. The maximum atomic E-state index is 11.6. The zero-order valence-corrected chi connectivity index (χ0v) is 10.1. The molecule has 0 spiro atoms. The molecular formula is C11H11N3O4. The topological polar surface area (TPSA) is 87.3 Å². The molecule has 0 amide bonds. The Morgan fingerprint density at radius 3 is 2.78 bits per heavy atom. The van der Waals surface area contributed by atoms with Gasteiger partial charge < -0.3 is 4.74 Å². The van der Waals surface area contributed by atoms with Crippen LogP contribution in [0.25, 0.3) is 10.9 Å². The van der Waals surface area contributed by atoms with Gasteiger partial charge in [0, 0.05) is 13.1 Å². The van der Waals surface area contributed by atoms with Crippen LogP contribution >= 0.6 is 0 Å². The second-order valence-corrected chi connectivity index (χ2v) is 3.85. The predicted octanol–water partition coefficient (Wildman–Crippen LogP) is 1.58. The van der Waals surface area contributed by atoms with E-state index in [0.717, 1.165) is 0 Å². The van der Waals surface area contributed by atoms with Crippen LogP contribution in [0.5, 0.6) is 0 Å². The lowest BCUT2D eigenvalue weighted by Crippen LogP contribution is -2.06. The first kappa shape index (κ1) is 12.0. The highest BCUT2D eigenvalue weighted by atomic mass is 16.6. The van der Waals surface area contributed by atoms with Crippen molar-refractivity contribution in [2.75, 3.05) is 7.11 Å². The fraction of sp³-hybridized carbons (Fsp3) is 0.273. The summed E-state index contributed by atoms with van der Waals surface area (Å²) in [4.78, 5) is 22.1. The van der Waals surface area contributed by atoms with E-state index in [9.17, 15) is 14.9 Å². The zero-order valence-electron chi connectivity index (χ0n) is 10.1. The average Bonchev–Trinajstić information content (AvgIpc) is 2.71. The lowest BCUT2D eigenvalue weighted by molar-refractivity contribution is -0.383. The third kappa shape index (κ3) is 1.60. The molecule has 18 heavy (non-hydrogen) atoms. The van der Waals surface area contributed by atoms with Crippen molar-refractivity contribution in [2.45, 2.75) is 6.92 Å². The quantitative estimate of drug-likeness (QED) is 0.458. The van der Waals surface area contributed by atoms with Crippen LogP contribution in [0.15, 0.2) is 12.3 Å². The number of hydrogen-bond acceptors (Lipinski definition) is 5. The van der Waals surface area contributed by atoms with Crippen molar-refractivity contribution in [1.29, 1.82) is 0 Å². The minimum absolute atomic E-state index is 0.149. The summed E-state index contributed by atoms with van der Waals surface area (Å²) in [6, 6.07) is 1.23. The van der Waals surface area contributed by atoms with Gasteiger partial charge in [-0.1, -0.05) is 0 Å². The maximum absolute atomic E-state index is 11.6. The van der Waals surface area contributed by atoms with Gasteiger partial charge in [-0.05, 0) is 12.5 Å². The number of nitro benzene ring substituents is 1. The van der Waals surface area contributed by atoms with Crippen molar-refractivity contribution in [3.63, 3.8) is 0 Å². The summed E-state index contributed by atoms with van der Waals surface area (Å²) in [7, 11) is 2.90. The van der Waals surface area contributed by atoms with Crippen molar-refractivity contribution < 1.29 is 14.5 Å². The number of aryl methyl sites for hydroxylation is 2. The van der Waals surface area contributed by atoms with Crippen LogP contribution < -0.4 is 0 Å². The summed E-state index contributed by atoms with van der Waals surface area (Å²) in [6.07, 6.45) is 1.42. The summed E-state index contributed by atoms with van der Waals surface area (Å²) < 4.78 is 6.13. The Kier molecular flexibility index (Phi) is 2.74. The molecule has 0 aliphatic heterocycles. The first-order valence-corrected chi connectivity index (χ1v) is 5.15. The van der Waals surface area contributed by atoms with Gasteiger partial charge in [-0.2, -0.15) is 5.10 Å². The largest absolute Gasteiger partial charge is 0.465 e. The number of methoxy groups -OCH3 is 1. The first-order valence-electron chi connectivity index (χ1n) is 5.15. The Balaban J connectivity index is 2.90. The lowest BCUT2D eigenvalue weighted by Gasteiger charge is -2.06. The van der Waals surface area contributed by atoms with Crippen molar-refractivity contribution in [3.8, 4) is 0 Å². The summed E-state index contributed by atoms with van der Waals surface area (Å²) in [5.41, 5.74) is 1.21. The van der Waals surface area contributed by atoms with E-state index in [4.69, 9.17) is 0 Å². The number of non-ortho nitro benzene ring substituents is 1. The second-order valence-electron chi connectivity index (χ2n) is 3.85. The number of benzene rings is 1. The molecule has 2 rings (SSSR count). The number of carbonyl (C=O) groups excluding carboxylic acids is 1. The van der Waals surface area contributed by atoms with Gasteiger partial charge in [-0.25, -0.2) is 4.79 Å². The highest BCUT2D eigenvalue weighted by molar-refractivity contribution is 6.01. The van der Waals surface area contributed by atoms with E-state index in [2.05, 4.69) is 9.84 Å². The second kappa shape index (κ2) is 4.10. The van der Waals surface area contributed by atoms with E-state index >= 15 is 0 Å². The minimum Gasteiger partial charge on any atom is -0.465 e. The van der Waals surface area contributed by atoms with Gasteiger partial charge in [0.15, 0.2) is 0 Å². The van der Waals surface area contributed by atoms with Gasteiger partial charge in [0.2, 0.25) is 0 Å². The van der Waals surface area contributed by atoms with Crippen molar-refractivity contribution >= 4 is 22.6 Å². The van der Waals surface area contributed by atoms with Gasteiger partial charge in [-0.15, -0.1) is 0 Å². The van der Waals surface area contributed by atoms with Crippen LogP contribution in [0.4, 0.5) is 5.69 Å². The van der Waals surface area contributed by atoms with Crippen LogP contribution in [0.1, 0.15) is 15.9 Å². The standard InChI is InChI=1S/C11H11N3O4/c1-6-7(11(15)18-3)4-9(14(16)17)8-5-12-13(2)10(6)8/h4-5H,1-3H3. The van der Waals surface area contributed by atoms with Crippen molar-refractivity contribution in [1.82, 2.24) is 9.78 Å². The van der Waals surface area contributed by atoms with Gasteiger partial charge >= 0.3 is 5.97 Å². The molecule has 1 heterocycles. The number of nitrogens with zero attached hydrogens (tertiary/aromatic N) is 3. The van der Waals surface area contributed by atoms with Crippen molar-refractivity contribution in [3.05, 3.63) is 33.5 Å². The molecule has 0 saturated carbocycles. The molecule has 0 atom stereocenters. The molecule has 0 aliphatic rings. The minimum atomic E-state index is -0.598. The van der Waals surface area contributed by atoms with E-state index in [1.807, 2.05) is 0 Å². The van der Waals surface area contributed by atoms with Crippen LogP contribution in [0, 0.1) is 17.0 Å². The first-order chi connectivity index (χ1) is 8.47. The fourth-order valence-electron chi connectivity index (χ4n) is 1.99. The molecule has 0 fully saturated rings. The Morgan fingerprint density at radius 2 is 2.22 bits per heavy atom. The summed E-state index contributed by atoms with van der Waals surface area (Å²) in [5, 5.41) is 15.4. The molecule has 7 heteroatoms. The fourth-order valence-corrected chi connectivity index (χ4v) is 1.99. The smallest absolute Gasteiger partial charge is 0.338 e. The number of rotatable bonds is 2. The van der Waals surface area contributed by atoms with Crippen molar-refractivity contribution in [2.24, 2.45) is 7.05 Å². The third-order valence-electron chi connectivity index (χ3n) is 2.86. The molecule has 1 aromatic carbocycles. The predicted molar refractivity (Wildman–Crippen MR) is 63.4 cm³/mol. The Morgan fingerprint density at radius 1 is 1.56 bits per heavy atom. The number of hydrogen-bond donors (Lipinski definition) is 0. The molecule has 94 valence electrons. The van der Waals surface area contributed by atoms with E-state index in [-0.39, 0.29) is 11.3 Å². The highest BCUT2D eigenvalue weighted by Crippen LogP contribution is 2.30. The molecule has 0 unspecified atom stereocenters. The molecule has 2 aromatic rings. The molecule has 1 aromatic heterocycles. The number of nitro groups is 1. The molecule has 7 nitrogen and oxygen atoms in total.